The molecule has 0 N–H and O–H groups in total. The molecule has 0 radical (unpaired) electrons. The molecular formula is C25H25N3O3. The molecule has 2 fully saturated rings. The molecule has 2 aliphatic rings. The van der Waals surface area contributed by atoms with Gasteiger partial charge in [-0.3, -0.25) is 14.4 Å². The van der Waals surface area contributed by atoms with Gasteiger partial charge in [0.1, 0.15) is 6.04 Å². The molecule has 6 heteroatoms. The molecule has 3 amide bonds. The lowest BCUT2D eigenvalue weighted by atomic mass is 9.92. The summed E-state index contributed by atoms with van der Waals surface area (Å²) in [5.74, 6) is -0.887. The molecule has 1 aliphatic carbocycles. The van der Waals surface area contributed by atoms with Crippen molar-refractivity contribution < 1.29 is 14.4 Å². The number of nitriles is 1. The van der Waals surface area contributed by atoms with E-state index in [-0.39, 0.29) is 30.2 Å². The largest absolute Gasteiger partial charge is 0.323 e. The lowest BCUT2D eigenvalue weighted by molar-refractivity contribution is -0.123. The van der Waals surface area contributed by atoms with Gasteiger partial charge in [0.05, 0.1) is 23.7 Å². The van der Waals surface area contributed by atoms with E-state index in [0.29, 0.717) is 16.8 Å². The van der Waals surface area contributed by atoms with Crippen molar-refractivity contribution in [3.63, 3.8) is 0 Å². The second-order valence-electron chi connectivity index (χ2n) is 8.32. The molecule has 158 valence electrons. The quantitative estimate of drug-likeness (QED) is 0.708. The summed E-state index contributed by atoms with van der Waals surface area (Å²) >= 11 is 0. The number of carbonyl (C=O) groups is 3. The molecule has 0 bridgehead atoms. The van der Waals surface area contributed by atoms with Crippen LogP contribution in [0.5, 0.6) is 0 Å². The van der Waals surface area contributed by atoms with E-state index in [1.165, 1.54) is 0 Å². The average Bonchev–Trinajstić information content (AvgIpc) is 3.08. The Balaban J connectivity index is 1.67. The van der Waals surface area contributed by atoms with Crippen LogP contribution >= 0.6 is 0 Å². The minimum Gasteiger partial charge on any atom is -0.323 e. The molecule has 2 aromatic carbocycles. The van der Waals surface area contributed by atoms with Gasteiger partial charge >= 0.3 is 0 Å². The number of anilines is 1. The first-order chi connectivity index (χ1) is 15.0. The minimum atomic E-state index is -0.806. The number of amides is 3. The zero-order valence-electron chi connectivity index (χ0n) is 17.6. The van der Waals surface area contributed by atoms with Gasteiger partial charge in [0.25, 0.3) is 11.8 Å². The predicted octanol–water partition coefficient (Wildman–Crippen LogP) is 3.97. The Kier molecular flexibility index (Phi) is 5.85. The molecule has 6 nitrogen and oxygen atoms in total. The fourth-order valence-corrected chi connectivity index (χ4v) is 4.64. The van der Waals surface area contributed by atoms with E-state index in [0.717, 1.165) is 42.6 Å². The summed E-state index contributed by atoms with van der Waals surface area (Å²) in [5.41, 5.74) is 2.41. The summed E-state index contributed by atoms with van der Waals surface area (Å²) in [5, 5.41) is 9.00. The Morgan fingerprint density at radius 1 is 1.06 bits per heavy atom. The molecule has 1 atom stereocenters. The first kappa shape index (κ1) is 20.8. The Hall–Kier alpha value is -3.46. The number of rotatable bonds is 4. The van der Waals surface area contributed by atoms with Crippen LogP contribution in [-0.2, 0) is 9.59 Å². The number of hydrogen-bond acceptors (Lipinski definition) is 4. The van der Waals surface area contributed by atoms with Gasteiger partial charge in [-0.05, 0) is 56.2 Å². The molecule has 31 heavy (non-hydrogen) atoms. The summed E-state index contributed by atoms with van der Waals surface area (Å²) in [6, 6.07) is 14.9. The van der Waals surface area contributed by atoms with Gasteiger partial charge in [-0.1, -0.05) is 37.0 Å². The first-order valence-electron chi connectivity index (χ1n) is 10.8. The highest BCUT2D eigenvalue weighted by Crippen LogP contribution is 2.32. The number of aryl methyl sites for hydroxylation is 1. The Bertz CT molecular complexity index is 1050. The van der Waals surface area contributed by atoms with E-state index in [1.54, 1.807) is 35.2 Å². The second kappa shape index (κ2) is 8.73. The molecule has 1 saturated heterocycles. The van der Waals surface area contributed by atoms with Crippen LogP contribution in [-0.4, -0.2) is 34.7 Å². The third-order valence-corrected chi connectivity index (χ3v) is 6.18. The van der Waals surface area contributed by atoms with Crippen LogP contribution in [0.4, 0.5) is 5.69 Å². The fourth-order valence-electron chi connectivity index (χ4n) is 4.64. The normalized spacial score (nSPS) is 19.4. The molecule has 1 heterocycles. The average molecular weight is 415 g/mol. The number of hydrogen-bond donors (Lipinski definition) is 0. The van der Waals surface area contributed by atoms with Crippen molar-refractivity contribution in [2.24, 2.45) is 0 Å². The maximum absolute atomic E-state index is 13.6. The number of carbonyl (C=O) groups excluding carboxylic acids is 3. The smallest absolute Gasteiger partial charge is 0.257 e. The summed E-state index contributed by atoms with van der Waals surface area (Å²) in [6.07, 6.45) is 4.80. The zero-order valence-corrected chi connectivity index (χ0v) is 17.6. The summed E-state index contributed by atoms with van der Waals surface area (Å²) in [4.78, 5) is 42.7. The third-order valence-electron chi connectivity index (χ3n) is 6.18. The van der Waals surface area contributed by atoms with Crippen molar-refractivity contribution in [2.45, 2.75) is 57.5 Å². The maximum atomic E-state index is 13.6. The van der Waals surface area contributed by atoms with Gasteiger partial charge in [-0.2, -0.15) is 5.26 Å². The van der Waals surface area contributed by atoms with Crippen molar-refractivity contribution in [3.05, 3.63) is 65.2 Å². The van der Waals surface area contributed by atoms with Crippen LogP contribution in [0.25, 0.3) is 0 Å². The standard InChI is InChI=1S/C25H25N3O3/c1-17-6-5-7-19(14-17)24(30)27(20-8-3-2-4-9-20)22-15-23(29)28(25(22)31)21-12-10-18(16-26)11-13-21/h5-7,10-14,20,22H,2-4,8-9,15H2,1H3. The van der Waals surface area contributed by atoms with Crippen LogP contribution < -0.4 is 4.90 Å². The molecule has 1 unspecified atom stereocenters. The van der Waals surface area contributed by atoms with Crippen LogP contribution in [0, 0.1) is 18.3 Å². The highest BCUT2D eigenvalue weighted by molar-refractivity contribution is 6.23. The van der Waals surface area contributed by atoms with Gasteiger partial charge < -0.3 is 4.90 Å². The Labute approximate surface area is 182 Å². The Morgan fingerprint density at radius 3 is 2.42 bits per heavy atom. The monoisotopic (exact) mass is 415 g/mol. The van der Waals surface area contributed by atoms with Gasteiger partial charge in [0.2, 0.25) is 5.91 Å². The van der Waals surface area contributed by atoms with E-state index < -0.39 is 6.04 Å². The minimum absolute atomic E-state index is 0.0209. The molecule has 1 aliphatic heterocycles. The molecule has 2 aromatic rings. The van der Waals surface area contributed by atoms with E-state index >= 15 is 0 Å². The summed E-state index contributed by atoms with van der Waals surface area (Å²) in [6.45, 7) is 1.93. The van der Waals surface area contributed by atoms with E-state index in [9.17, 15) is 14.4 Å². The molecular weight excluding hydrogens is 390 g/mol. The van der Waals surface area contributed by atoms with Crippen LogP contribution in [0.1, 0.15) is 60.0 Å². The van der Waals surface area contributed by atoms with E-state index in [4.69, 9.17) is 5.26 Å². The lowest BCUT2D eigenvalue weighted by Gasteiger charge is -2.37. The molecule has 1 saturated carbocycles. The van der Waals surface area contributed by atoms with Crippen molar-refractivity contribution >= 4 is 23.4 Å². The van der Waals surface area contributed by atoms with Gasteiger partial charge in [-0.15, -0.1) is 0 Å². The fraction of sp³-hybridized carbons (Fsp3) is 0.360. The molecule has 4 rings (SSSR count). The zero-order chi connectivity index (χ0) is 22.0. The molecule has 0 spiro atoms. The number of nitrogens with zero attached hydrogens (tertiary/aromatic N) is 3. The highest BCUT2D eigenvalue weighted by atomic mass is 16.2. The maximum Gasteiger partial charge on any atom is 0.257 e. The predicted molar refractivity (Wildman–Crippen MR) is 116 cm³/mol. The number of imide groups is 1. The van der Waals surface area contributed by atoms with Crippen molar-refractivity contribution in [1.82, 2.24) is 4.90 Å². The Morgan fingerprint density at radius 2 is 1.77 bits per heavy atom. The van der Waals surface area contributed by atoms with Crippen LogP contribution in [0.3, 0.4) is 0 Å². The summed E-state index contributed by atoms with van der Waals surface area (Å²) < 4.78 is 0. The van der Waals surface area contributed by atoms with Crippen molar-refractivity contribution in [1.29, 1.82) is 5.26 Å². The number of benzene rings is 2. The highest BCUT2D eigenvalue weighted by Gasteiger charge is 2.46. The van der Waals surface area contributed by atoms with Crippen LogP contribution in [0.2, 0.25) is 0 Å². The van der Waals surface area contributed by atoms with Gasteiger partial charge in [-0.25, -0.2) is 4.90 Å². The second-order valence-corrected chi connectivity index (χ2v) is 8.32. The van der Waals surface area contributed by atoms with E-state index in [1.807, 2.05) is 31.2 Å². The van der Waals surface area contributed by atoms with E-state index in [2.05, 4.69) is 0 Å². The van der Waals surface area contributed by atoms with Gasteiger partial charge in [0.15, 0.2) is 0 Å². The first-order valence-corrected chi connectivity index (χ1v) is 10.8. The molecule has 0 aromatic heterocycles. The third kappa shape index (κ3) is 4.09. The van der Waals surface area contributed by atoms with Crippen molar-refractivity contribution in [2.75, 3.05) is 4.90 Å². The SMILES string of the molecule is Cc1cccc(C(=O)N(C2CCCCC2)C2CC(=O)N(c3ccc(C#N)cc3)C2=O)c1. The van der Waals surface area contributed by atoms with Crippen molar-refractivity contribution in [3.8, 4) is 6.07 Å². The summed E-state index contributed by atoms with van der Waals surface area (Å²) in [7, 11) is 0. The van der Waals surface area contributed by atoms with Crippen LogP contribution in [0.15, 0.2) is 48.5 Å². The topological polar surface area (TPSA) is 81.5 Å². The lowest BCUT2D eigenvalue weighted by Crippen LogP contribution is -2.51. The van der Waals surface area contributed by atoms with Gasteiger partial charge in [0, 0.05) is 11.6 Å².